The summed E-state index contributed by atoms with van der Waals surface area (Å²) in [5.41, 5.74) is 2.39. The fraction of sp³-hybridized carbons (Fsp3) is 0.222. The smallest absolute Gasteiger partial charge is 0.271 e. The lowest BCUT2D eigenvalue weighted by Gasteiger charge is -2.16. The van der Waals surface area contributed by atoms with E-state index in [1.165, 1.54) is 0 Å². The lowest BCUT2D eigenvalue weighted by atomic mass is 10.0. The van der Waals surface area contributed by atoms with Gasteiger partial charge in [-0.25, -0.2) is 0 Å². The van der Waals surface area contributed by atoms with Crippen LogP contribution in [0.25, 0.3) is 0 Å². The molecule has 1 amide bonds. The maximum atomic E-state index is 12.5. The third kappa shape index (κ3) is 3.51. The van der Waals surface area contributed by atoms with Crippen LogP contribution < -0.4 is 0 Å². The number of amides is 1. The topological polar surface area (TPSA) is 62.1 Å². The molecule has 1 N–H and O–H groups in total. The highest BCUT2D eigenvalue weighted by atomic mass is 16.6. The van der Waals surface area contributed by atoms with Crippen molar-refractivity contribution in [1.29, 1.82) is 0 Å². The molecule has 1 aliphatic rings. The zero-order valence-electron chi connectivity index (χ0n) is 12.8. The number of rotatable bonds is 4. The highest BCUT2D eigenvalue weighted by molar-refractivity contribution is 6.38. The Labute approximate surface area is 134 Å². The van der Waals surface area contributed by atoms with E-state index in [1.807, 2.05) is 30.3 Å². The molecule has 0 aromatic heterocycles. The van der Waals surface area contributed by atoms with Gasteiger partial charge in [-0.05, 0) is 23.3 Å². The summed E-state index contributed by atoms with van der Waals surface area (Å²) in [6.45, 7) is 0.453. The van der Waals surface area contributed by atoms with Gasteiger partial charge in [-0.2, -0.15) is 0 Å². The second-order valence-corrected chi connectivity index (χ2v) is 5.57. The molecule has 1 atom stereocenters. The van der Waals surface area contributed by atoms with Crippen LogP contribution in [0.4, 0.5) is 0 Å². The molecule has 0 fully saturated rings. The fourth-order valence-electron chi connectivity index (χ4n) is 2.52. The number of carbonyl (C=O) groups excluding carboxylic acids is 1. The SMILES string of the molecule is CN(Cc1ccc(O)cc1)C(=O)C1=NOC(c2ccccc2)C1. The highest BCUT2D eigenvalue weighted by Crippen LogP contribution is 2.27. The van der Waals surface area contributed by atoms with Gasteiger partial charge in [-0.1, -0.05) is 47.6 Å². The molecule has 3 rings (SSSR count). The van der Waals surface area contributed by atoms with Crippen LogP contribution in [-0.4, -0.2) is 28.7 Å². The van der Waals surface area contributed by atoms with E-state index in [9.17, 15) is 9.90 Å². The molecular formula is C18H18N2O3. The standard InChI is InChI=1S/C18H18N2O3/c1-20(12-13-7-9-15(21)10-8-13)18(22)16-11-17(23-19-16)14-5-3-2-4-6-14/h2-10,17,21H,11-12H2,1H3. The summed E-state index contributed by atoms with van der Waals surface area (Å²) < 4.78 is 0. The normalized spacial score (nSPS) is 16.6. The third-order valence-electron chi connectivity index (χ3n) is 3.79. The Morgan fingerprint density at radius 2 is 1.91 bits per heavy atom. The minimum absolute atomic E-state index is 0.142. The van der Waals surface area contributed by atoms with E-state index in [1.54, 1.807) is 36.2 Å². The molecule has 5 nitrogen and oxygen atoms in total. The Balaban J connectivity index is 1.61. The number of hydrogen-bond donors (Lipinski definition) is 1. The third-order valence-corrected chi connectivity index (χ3v) is 3.79. The largest absolute Gasteiger partial charge is 0.508 e. The molecule has 0 saturated carbocycles. The molecule has 0 radical (unpaired) electrons. The first-order valence-electron chi connectivity index (χ1n) is 7.44. The van der Waals surface area contributed by atoms with Gasteiger partial charge in [0.25, 0.3) is 5.91 Å². The van der Waals surface area contributed by atoms with E-state index in [0.29, 0.717) is 18.7 Å². The number of hydrogen-bond acceptors (Lipinski definition) is 4. The summed E-state index contributed by atoms with van der Waals surface area (Å²) in [6, 6.07) is 16.5. The van der Waals surface area contributed by atoms with Crippen molar-refractivity contribution in [2.24, 2.45) is 5.16 Å². The number of oxime groups is 1. The van der Waals surface area contributed by atoms with Gasteiger partial charge in [-0.3, -0.25) is 4.79 Å². The van der Waals surface area contributed by atoms with Gasteiger partial charge in [0.15, 0.2) is 6.10 Å². The van der Waals surface area contributed by atoms with E-state index in [-0.39, 0.29) is 17.8 Å². The van der Waals surface area contributed by atoms with Gasteiger partial charge in [0, 0.05) is 20.0 Å². The lowest BCUT2D eigenvalue weighted by molar-refractivity contribution is -0.123. The molecule has 0 bridgehead atoms. The van der Waals surface area contributed by atoms with Crippen molar-refractivity contribution in [3.05, 3.63) is 65.7 Å². The number of benzene rings is 2. The van der Waals surface area contributed by atoms with E-state index >= 15 is 0 Å². The average Bonchev–Trinajstić information content (AvgIpc) is 3.07. The summed E-state index contributed by atoms with van der Waals surface area (Å²) >= 11 is 0. The monoisotopic (exact) mass is 310 g/mol. The molecule has 5 heteroatoms. The van der Waals surface area contributed by atoms with E-state index in [0.717, 1.165) is 11.1 Å². The molecule has 2 aromatic carbocycles. The number of carbonyl (C=O) groups is 1. The van der Waals surface area contributed by atoms with Crippen LogP contribution in [0, 0.1) is 0 Å². The molecule has 118 valence electrons. The molecule has 2 aromatic rings. The van der Waals surface area contributed by atoms with Gasteiger partial charge in [0.05, 0.1) is 0 Å². The molecule has 23 heavy (non-hydrogen) atoms. The van der Waals surface area contributed by atoms with Crippen molar-refractivity contribution in [3.63, 3.8) is 0 Å². The van der Waals surface area contributed by atoms with Crippen LogP contribution in [0.5, 0.6) is 5.75 Å². The summed E-state index contributed by atoms with van der Waals surface area (Å²) in [4.78, 5) is 19.5. The fourth-order valence-corrected chi connectivity index (χ4v) is 2.52. The molecule has 1 aliphatic heterocycles. The molecule has 0 saturated heterocycles. The van der Waals surface area contributed by atoms with Crippen molar-refractivity contribution in [3.8, 4) is 5.75 Å². The van der Waals surface area contributed by atoms with Crippen LogP contribution in [0.2, 0.25) is 0 Å². The summed E-state index contributed by atoms with van der Waals surface area (Å²) in [5, 5.41) is 13.2. The first-order valence-corrected chi connectivity index (χ1v) is 7.44. The van der Waals surface area contributed by atoms with Gasteiger partial charge < -0.3 is 14.8 Å². The van der Waals surface area contributed by atoms with E-state index in [4.69, 9.17) is 4.84 Å². The van der Waals surface area contributed by atoms with Crippen LogP contribution >= 0.6 is 0 Å². The predicted molar refractivity (Wildman–Crippen MR) is 86.9 cm³/mol. The first-order chi connectivity index (χ1) is 11.1. The number of nitrogens with zero attached hydrogens (tertiary/aromatic N) is 2. The van der Waals surface area contributed by atoms with Crippen molar-refractivity contribution in [2.75, 3.05) is 7.05 Å². The van der Waals surface area contributed by atoms with Crippen LogP contribution in [0.3, 0.4) is 0 Å². The predicted octanol–water partition coefficient (Wildman–Crippen LogP) is 2.87. The Hall–Kier alpha value is -2.82. The first kappa shape index (κ1) is 15.1. The minimum Gasteiger partial charge on any atom is -0.508 e. The number of phenols is 1. The van der Waals surface area contributed by atoms with Gasteiger partial charge in [-0.15, -0.1) is 0 Å². The van der Waals surface area contributed by atoms with Crippen molar-refractivity contribution in [1.82, 2.24) is 4.90 Å². The number of phenolic OH excluding ortho intramolecular Hbond substituents is 1. The Morgan fingerprint density at radius 1 is 1.22 bits per heavy atom. The van der Waals surface area contributed by atoms with Crippen LogP contribution in [0.1, 0.15) is 23.7 Å². The zero-order chi connectivity index (χ0) is 16.2. The lowest BCUT2D eigenvalue weighted by Crippen LogP contribution is -2.32. The molecule has 1 heterocycles. The second kappa shape index (κ2) is 6.52. The van der Waals surface area contributed by atoms with Gasteiger partial charge in [0.2, 0.25) is 0 Å². The molecule has 0 spiro atoms. The maximum absolute atomic E-state index is 12.5. The quantitative estimate of drug-likeness (QED) is 0.944. The van der Waals surface area contributed by atoms with Crippen molar-refractivity contribution in [2.45, 2.75) is 19.1 Å². The van der Waals surface area contributed by atoms with Crippen molar-refractivity contribution < 1.29 is 14.7 Å². The Kier molecular flexibility index (Phi) is 4.28. The minimum atomic E-state index is -0.197. The zero-order valence-corrected chi connectivity index (χ0v) is 12.8. The summed E-state index contributed by atoms with van der Waals surface area (Å²) in [7, 11) is 1.73. The second-order valence-electron chi connectivity index (χ2n) is 5.57. The van der Waals surface area contributed by atoms with Gasteiger partial charge in [0.1, 0.15) is 11.5 Å². The Bertz CT molecular complexity index is 711. The summed E-state index contributed by atoms with van der Waals surface area (Å²) in [6.07, 6.45) is 0.278. The van der Waals surface area contributed by atoms with Gasteiger partial charge >= 0.3 is 0 Å². The maximum Gasteiger partial charge on any atom is 0.271 e. The van der Waals surface area contributed by atoms with E-state index < -0.39 is 0 Å². The molecular weight excluding hydrogens is 292 g/mol. The summed E-state index contributed by atoms with van der Waals surface area (Å²) in [5.74, 6) is 0.0681. The van der Waals surface area contributed by atoms with E-state index in [2.05, 4.69) is 5.16 Å². The molecule has 0 aliphatic carbocycles. The van der Waals surface area contributed by atoms with Crippen LogP contribution in [0.15, 0.2) is 59.8 Å². The average molecular weight is 310 g/mol. The highest BCUT2D eigenvalue weighted by Gasteiger charge is 2.29. The number of aromatic hydroxyl groups is 1. The Morgan fingerprint density at radius 3 is 2.61 bits per heavy atom. The van der Waals surface area contributed by atoms with Crippen molar-refractivity contribution >= 4 is 11.6 Å². The van der Waals surface area contributed by atoms with Crippen LogP contribution in [-0.2, 0) is 16.2 Å². The molecule has 1 unspecified atom stereocenters.